The number of carbonyl (C=O) groups is 1. The summed E-state index contributed by atoms with van der Waals surface area (Å²) >= 11 is 0. The number of carboxylic acids is 1. The van der Waals surface area contributed by atoms with Gasteiger partial charge in [0.25, 0.3) is 5.97 Å². The number of carboxylic acid groups (broad SMARTS) is 1. The van der Waals surface area contributed by atoms with Crippen LogP contribution in [0.15, 0.2) is 0 Å². The molecule has 0 saturated carbocycles. The lowest BCUT2D eigenvalue weighted by Crippen LogP contribution is -1.94. The van der Waals surface area contributed by atoms with Crippen molar-refractivity contribution in [1.82, 2.24) is 0 Å². The average molecular weight is 146 g/mol. The van der Waals surface area contributed by atoms with Crippen LogP contribution >= 0.6 is 0 Å². The fourth-order valence-corrected chi connectivity index (χ4v) is 0.739. The molecule has 1 aliphatic rings. The minimum atomic E-state index is -0.833. The van der Waals surface area contributed by atoms with Crippen molar-refractivity contribution in [3.8, 4) is 0 Å². The standard InChI is InChI=1S/C5H10O.C2H4O2/c1-5-3-2-4-6-5;1-2(3)4/h5H,2-4H2,1H3;1H3,(H,3,4). The van der Waals surface area contributed by atoms with E-state index in [0.717, 1.165) is 13.5 Å². The van der Waals surface area contributed by atoms with E-state index in [4.69, 9.17) is 14.6 Å². The van der Waals surface area contributed by atoms with Crippen molar-refractivity contribution in [3.63, 3.8) is 0 Å². The van der Waals surface area contributed by atoms with Crippen LogP contribution in [-0.4, -0.2) is 23.8 Å². The Kier molecular flexibility index (Phi) is 4.94. The second kappa shape index (κ2) is 5.23. The smallest absolute Gasteiger partial charge is 0.300 e. The zero-order chi connectivity index (χ0) is 7.98. The van der Waals surface area contributed by atoms with Crippen LogP contribution in [0.5, 0.6) is 0 Å². The van der Waals surface area contributed by atoms with Gasteiger partial charge in [0.1, 0.15) is 0 Å². The minimum Gasteiger partial charge on any atom is -0.481 e. The van der Waals surface area contributed by atoms with Crippen LogP contribution in [0.25, 0.3) is 0 Å². The maximum Gasteiger partial charge on any atom is 0.300 e. The molecular formula is C7H14O3. The fraction of sp³-hybridized carbons (Fsp3) is 0.857. The van der Waals surface area contributed by atoms with Crippen molar-refractivity contribution in [3.05, 3.63) is 0 Å². The van der Waals surface area contributed by atoms with Crippen LogP contribution < -0.4 is 0 Å². The first-order valence-corrected chi connectivity index (χ1v) is 3.44. The second-order valence-electron chi connectivity index (χ2n) is 2.34. The molecule has 10 heavy (non-hydrogen) atoms. The van der Waals surface area contributed by atoms with E-state index in [2.05, 4.69) is 6.92 Å². The largest absolute Gasteiger partial charge is 0.481 e. The molecule has 60 valence electrons. The number of ether oxygens (including phenoxy) is 1. The van der Waals surface area contributed by atoms with Crippen LogP contribution in [0, 0.1) is 0 Å². The van der Waals surface area contributed by atoms with E-state index >= 15 is 0 Å². The van der Waals surface area contributed by atoms with Gasteiger partial charge in [0.05, 0.1) is 6.10 Å². The van der Waals surface area contributed by atoms with Crippen molar-refractivity contribution in [2.45, 2.75) is 32.8 Å². The quantitative estimate of drug-likeness (QED) is 0.560. The molecule has 0 aromatic rings. The van der Waals surface area contributed by atoms with E-state index in [1.807, 2.05) is 0 Å². The van der Waals surface area contributed by atoms with Gasteiger partial charge in [-0.3, -0.25) is 4.79 Å². The lowest BCUT2D eigenvalue weighted by atomic mass is 10.3. The zero-order valence-corrected chi connectivity index (χ0v) is 6.46. The Morgan fingerprint density at radius 3 is 2.30 bits per heavy atom. The third-order valence-electron chi connectivity index (χ3n) is 1.16. The minimum absolute atomic E-state index is 0.546. The average Bonchev–Trinajstić information content (AvgIpc) is 2.15. The summed E-state index contributed by atoms with van der Waals surface area (Å²) in [6, 6.07) is 0. The first-order valence-electron chi connectivity index (χ1n) is 3.44. The molecule has 3 heteroatoms. The molecule has 0 spiro atoms. The van der Waals surface area contributed by atoms with Gasteiger partial charge >= 0.3 is 0 Å². The van der Waals surface area contributed by atoms with Crippen LogP contribution in [0.4, 0.5) is 0 Å². The van der Waals surface area contributed by atoms with Gasteiger partial charge in [0.15, 0.2) is 0 Å². The van der Waals surface area contributed by atoms with Gasteiger partial charge in [0, 0.05) is 13.5 Å². The molecule has 0 aromatic heterocycles. The molecule has 1 saturated heterocycles. The van der Waals surface area contributed by atoms with Gasteiger partial charge < -0.3 is 9.84 Å². The summed E-state index contributed by atoms with van der Waals surface area (Å²) in [5.74, 6) is -0.833. The highest BCUT2D eigenvalue weighted by molar-refractivity contribution is 5.62. The Balaban J connectivity index is 0.000000180. The molecule has 0 aromatic carbocycles. The van der Waals surface area contributed by atoms with Gasteiger partial charge in [0.2, 0.25) is 0 Å². The number of hydrogen-bond acceptors (Lipinski definition) is 2. The van der Waals surface area contributed by atoms with Crippen LogP contribution in [0.3, 0.4) is 0 Å². The molecule has 0 radical (unpaired) electrons. The summed E-state index contributed by atoms with van der Waals surface area (Å²) in [7, 11) is 0. The summed E-state index contributed by atoms with van der Waals surface area (Å²) in [5.41, 5.74) is 0. The zero-order valence-electron chi connectivity index (χ0n) is 6.46. The van der Waals surface area contributed by atoms with Crippen molar-refractivity contribution in [1.29, 1.82) is 0 Å². The van der Waals surface area contributed by atoms with E-state index in [1.165, 1.54) is 12.8 Å². The van der Waals surface area contributed by atoms with Crippen molar-refractivity contribution < 1.29 is 14.6 Å². The van der Waals surface area contributed by atoms with E-state index < -0.39 is 5.97 Å². The van der Waals surface area contributed by atoms with Gasteiger partial charge in [-0.1, -0.05) is 0 Å². The molecule has 0 bridgehead atoms. The molecular weight excluding hydrogens is 132 g/mol. The summed E-state index contributed by atoms with van der Waals surface area (Å²) in [6.45, 7) is 4.19. The molecule has 1 aliphatic heterocycles. The Morgan fingerprint density at radius 1 is 1.70 bits per heavy atom. The Hall–Kier alpha value is -0.570. The molecule has 1 heterocycles. The fourth-order valence-electron chi connectivity index (χ4n) is 0.739. The van der Waals surface area contributed by atoms with E-state index in [9.17, 15) is 0 Å². The second-order valence-corrected chi connectivity index (χ2v) is 2.34. The third-order valence-corrected chi connectivity index (χ3v) is 1.16. The monoisotopic (exact) mass is 146 g/mol. The summed E-state index contributed by atoms with van der Waals surface area (Å²) in [6.07, 6.45) is 3.08. The molecule has 3 nitrogen and oxygen atoms in total. The summed E-state index contributed by atoms with van der Waals surface area (Å²) in [5, 5.41) is 7.42. The Bertz CT molecular complexity index is 91.0. The van der Waals surface area contributed by atoms with Crippen molar-refractivity contribution in [2.75, 3.05) is 6.61 Å². The first kappa shape index (κ1) is 9.43. The van der Waals surface area contributed by atoms with Gasteiger partial charge in [-0.25, -0.2) is 0 Å². The summed E-state index contributed by atoms with van der Waals surface area (Å²) in [4.78, 5) is 9.00. The van der Waals surface area contributed by atoms with Gasteiger partial charge in [-0.15, -0.1) is 0 Å². The van der Waals surface area contributed by atoms with Crippen LogP contribution in [-0.2, 0) is 9.53 Å². The van der Waals surface area contributed by atoms with Crippen LogP contribution in [0.2, 0.25) is 0 Å². The van der Waals surface area contributed by atoms with Crippen molar-refractivity contribution >= 4 is 5.97 Å². The van der Waals surface area contributed by atoms with E-state index in [-0.39, 0.29) is 0 Å². The maximum atomic E-state index is 9.00. The van der Waals surface area contributed by atoms with Gasteiger partial charge in [-0.2, -0.15) is 0 Å². The molecule has 1 rings (SSSR count). The van der Waals surface area contributed by atoms with E-state index in [0.29, 0.717) is 6.10 Å². The topological polar surface area (TPSA) is 46.5 Å². The number of rotatable bonds is 0. The predicted molar refractivity (Wildman–Crippen MR) is 38.0 cm³/mol. The molecule has 1 fully saturated rings. The Morgan fingerprint density at radius 2 is 2.20 bits per heavy atom. The Labute approximate surface area is 61.0 Å². The lowest BCUT2D eigenvalue weighted by Gasteiger charge is -1.94. The third kappa shape index (κ3) is 7.43. The highest BCUT2D eigenvalue weighted by atomic mass is 16.5. The molecule has 1 unspecified atom stereocenters. The SMILES string of the molecule is CC(=O)O.CC1CCCO1. The molecule has 1 atom stereocenters. The highest BCUT2D eigenvalue weighted by Crippen LogP contribution is 2.09. The molecule has 1 N–H and O–H groups in total. The number of aliphatic carboxylic acids is 1. The molecule has 0 amide bonds. The number of hydrogen-bond donors (Lipinski definition) is 1. The van der Waals surface area contributed by atoms with Gasteiger partial charge in [-0.05, 0) is 19.8 Å². The van der Waals surface area contributed by atoms with Crippen molar-refractivity contribution in [2.24, 2.45) is 0 Å². The lowest BCUT2D eigenvalue weighted by molar-refractivity contribution is -0.134. The predicted octanol–water partition coefficient (Wildman–Crippen LogP) is 1.28. The molecule has 0 aliphatic carbocycles. The van der Waals surface area contributed by atoms with E-state index in [1.54, 1.807) is 0 Å². The first-order chi connectivity index (χ1) is 4.63. The highest BCUT2D eigenvalue weighted by Gasteiger charge is 2.07. The normalized spacial score (nSPS) is 23.2. The maximum absolute atomic E-state index is 9.00. The summed E-state index contributed by atoms with van der Waals surface area (Å²) < 4.78 is 5.15. The van der Waals surface area contributed by atoms with Crippen LogP contribution in [0.1, 0.15) is 26.7 Å².